The monoisotopic (exact) mass is 455 g/mol. The number of carboxylic acids is 1. The first kappa shape index (κ1) is 18.5. The number of ether oxygens (including phenoxy) is 1. The van der Waals surface area contributed by atoms with Crippen LogP contribution in [-0.2, 0) is 4.79 Å². The quantitative estimate of drug-likeness (QED) is 0.627. The van der Waals surface area contributed by atoms with Crippen LogP contribution in [-0.4, -0.2) is 30.1 Å². The van der Waals surface area contributed by atoms with E-state index in [4.69, 9.17) is 9.84 Å². The molecule has 0 fully saturated rings. The molecule has 0 saturated heterocycles. The summed E-state index contributed by atoms with van der Waals surface area (Å²) in [5, 5.41) is 9.11. The molecule has 2 aromatic carbocycles. The highest BCUT2D eigenvalue weighted by Gasteiger charge is 2.12. The van der Waals surface area contributed by atoms with Crippen molar-refractivity contribution in [2.24, 2.45) is 0 Å². The second-order valence-corrected chi connectivity index (χ2v) is 6.81. The predicted octanol–water partition coefficient (Wildman–Crippen LogP) is 4.34. The van der Waals surface area contributed by atoms with Crippen LogP contribution in [0.5, 0.6) is 5.75 Å². The molecule has 0 aromatic heterocycles. The van der Waals surface area contributed by atoms with Gasteiger partial charge in [0.15, 0.2) is 6.73 Å². The normalized spacial score (nSPS) is 10.3. The minimum atomic E-state index is -1.02. The van der Waals surface area contributed by atoms with E-state index in [0.29, 0.717) is 11.4 Å². The number of aromatic carboxylic acids is 1. The van der Waals surface area contributed by atoms with Gasteiger partial charge in [-0.3, -0.25) is 4.79 Å². The standard InChI is InChI=1S/C17H15Br2NO4/c1-11(21)9-20(13-4-2-3-12(7-13)17(22)23)10-24-14-5-6-15(18)16(19)8-14/h2-8H,9-10H2,1H3,(H,22,23). The van der Waals surface area contributed by atoms with Gasteiger partial charge in [-0.15, -0.1) is 0 Å². The molecule has 126 valence electrons. The molecule has 0 radical (unpaired) electrons. The van der Waals surface area contributed by atoms with Gasteiger partial charge >= 0.3 is 5.97 Å². The Morgan fingerprint density at radius 2 is 1.88 bits per heavy atom. The molecule has 0 bridgehead atoms. The number of hydrogen-bond acceptors (Lipinski definition) is 4. The van der Waals surface area contributed by atoms with E-state index in [0.717, 1.165) is 8.95 Å². The number of halogens is 2. The second kappa shape index (κ2) is 8.30. The third-order valence-corrected chi connectivity index (χ3v) is 5.03. The topological polar surface area (TPSA) is 66.8 Å². The van der Waals surface area contributed by atoms with E-state index in [9.17, 15) is 9.59 Å². The molecule has 0 aliphatic heterocycles. The Kier molecular flexibility index (Phi) is 6.39. The highest BCUT2D eigenvalue weighted by Crippen LogP contribution is 2.27. The van der Waals surface area contributed by atoms with E-state index in [1.54, 1.807) is 23.1 Å². The van der Waals surface area contributed by atoms with Crippen LogP contribution in [0.4, 0.5) is 5.69 Å². The number of carbonyl (C=O) groups is 2. The smallest absolute Gasteiger partial charge is 0.335 e. The molecule has 5 nitrogen and oxygen atoms in total. The molecule has 0 unspecified atom stereocenters. The summed E-state index contributed by atoms with van der Waals surface area (Å²) < 4.78 is 7.49. The number of carbonyl (C=O) groups excluding carboxylic acids is 1. The second-order valence-electron chi connectivity index (χ2n) is 5.10. The number of ketones is 1. The Hall–Kier alpha value is -1.86. The van der Waals surface area contributed by atoms with Gasteiger partial charge in [0.05, 0.1) is 12.1 Å². The minimum absolute atomic E-state index is 0.0451. The summed E-state index contributed by atoms with van der Waals surface area (Å²) in [6, 6.07) is 11.9. The number of Topliss-reactive ketones (excluding diaryl/α,β-unsaturated/α-hetero) is 1. The summed E-state index contributed by atoms with van der Waals surface area (Å²) in [5.74, 6) is -0.429. The van der Waals surface area contributed by atoms with Crippen molar-refractivity contribution in [3.63, 3.8) is 0 Å². The molecule has 2 rings (SSSR count). The van der Waals surface area contributed by atoms with Crippen molar-refractivity contribution in [3.05, 3.63) is 57.0 Å². The van der Waals surface area contributed by atoms with Crippen LogP contribution in [0.1, 0.15) is 17.3 Å². The Bertz CT molecular complexity index is 764. The third-order valence-electron chi connectivity index (χ3n) is 3.15. The van der Waals surface area contributed by atoms with E-state index >= 15 is 0 Å². The molecular formula is C17H15Br2NO4. The first-order valence-corrected chi connectivity index (χ1v) is 8.61. The van der Waals surface area contributed by atoms with Crippen molar-refractivity contribution >= 4 is 49.3 Å². The first-order chi connectivity index (χ1) is 11.4. The highest BCUT2D eigenvalue weighted by atomic mass is 79.9. The summed E-state index contributed by atoms with van der Waals surface area (Å²) in [7, 11) is 0. The molecule has 2 aromatic rings. The molecule has 0 amide bonds. The maximum Gasteiger partial charge on any atom is 0.335 e. The van der Waals surface area contributed by atoms with E-state index in [1.165, 1.54) is 19.1 Å². The van der Waals surface area contributed by atoms with Gasteiger partial charge in [-0.1, -0.05) is 6.07 Å². The fraction of sp³-hybridized carbons (Fsp3) is 0.176. The molecule has 1 N–H and O–H groups in total. The lowest BCUT2D eigenvalue weighted by Crippen LogP contribution is -2.32. The first-order valence-electron chi connectivity index (χ1n) is 7.02. The van der Waals surface area contributed by atoms with Gasteiger partial charge in [0.2, 0.25) is 0 Å². The molecule has 0 heterocycles. The molecule has 7 heteroatoms. The molecule has 0 aliphatic carbocycles. The predicted molar refractivity (Wildman–Crippen MR) is 98.8 cm³/mol. The Morgan fingerprint density at radius 1 is 1.12 bits per heavy atom. The Balaban J connectivity index is 2.19. The van der Waals surface area contributed by atoms with Gasteiger partial charge in [-0.25, -0.2) is 4.79 Å². The van der Waals surface area contributed by atoms with Crippen molar-refractivity contribution in [1.29, 1.82) is 0 Å². The molecule has 24 heavy (non-hydrogen) atoms. The molecule has 0 spiro atoms. The fourth-order valence-electron chi connectivity index (χ4n) is 2.03. The number of rotatable bonds is 7. The summed E-state index contributed by atoms with van der Waals surface area (Å²) in [5.41, 5.74) is 0.772. The van der Waals surface area contributed by atoms with Crippen LogP contribution in [0.2, 0.25) is 0 Å². The SMILES string of the molecule is CC(=O)CN(COc1ccc(Br)c(Br)c1)c1cccc(C(=O)O)c1. The lowest BCUT2D eigenvalue weighted by molar-refractivity contribution is -0.115. The summed E-state index contributed by atoms with van der Waals surface area (Å²) in [6.07, 6.45) is 0. The maximum absolute atomic E-state index is 11.5. The van der Waals surface area contributed by atoms with Crippen molar-refractivity contribution in [3.8, 4) is 5.75 Å². The number of carboxylic acid groups (broad SMARTS) is 1. The average Bonchev–Trinajstić information content (AvgIpc) is 2.54. The van der Waals surface area contributed by atoms with Crippen LogP contribution < -0.4 is 9.64 Å². The number of anilines is 1. The van der Waals surface area contributed by atoms with Crippen molar-refractivity contribution in [2.45, 2.75) is 6.92 Å². The Labute approximate surface area is 156 Å². The number of benzene rings is 2. The zero-order chi connectivity index (χ0) is 17.7. The minimum Gasteiger partial charge on any atom is -0.478 e. The average molecular weight is 457 g/mol. The van der Waals surface area contributed by atoms with E-state index in [1.807, 2.05) is 12.1 Å². The zero-order valence-electron chi connectivity index (χ0n) is 12.8. The van der Waals surface area contributed by atoms with Crippen LogP contribution in [0.3, 0.4) is 0 Å². The maximum atomic E-state index is 11.5. The van der Waals surface area contributed by atoms with Crippen molar-refractivity contribution < 1.29 is 19.4 Å². The van der Waals surface area contributed by atoms with Gasteiger partial charge in [0.25, 0.3) is 0 Å². The van der Waals surface area contributed by atoms with Gasteiger partial charge in [-0.05, 0) is 75.2 Å². The summed E-state index contributed by atoms with van der Waals surface area (Å²) in [4.78, 5) is 24.3. The summed E-state index contributed by atoms with van der Waals surface area (Å²) >= 11 is 6.79. The fourth-order valence-corrected chi connectivity index (χ4v) is 2.64. The van der Waals surface area contributed by atoms with Crippen molar-refractivity contribution in [1.82, 2.24) is 0 Å². The number of nitrogens with zero attached hydrogens (tertiary/aromatic N) is 1. The van der Waals surface area contributed by atoms with Gasteiger partial charge < -0.3 is 14.7 Å². The van der Waals surface area contributed by atoms with Crippen LogP contribution >= 0.6 is 31.9 Å². The van der Waals surface area contributed by atoms with Gasteiger partial charge in [0.1, 0.15) is 11.5 Å². The van der Waals surface area contributed by atoms with Gasteiger partial charge in [0, 0.05) is 14.6 Å². The largest absolute Gasteiger partial charge is 0.478 e. The molecular weight excluding hydrogens is 442 g/mol. The molecule has 0 aliphatic rings. The molecule has 0 saturated carbocycles. The van der Waals surface area contributed by atoms with E-state index in [2.05, 4.69) is 31.9 Å². The van der Waals surface area contributed by atoms with Gasteiger partial charge in [-0.2, -0.15) is 0 Å². The van der Waals surface area contributed by atoms with Crippen molar-refractivity contribution in [2.75, 3.05) is 18.2 Å². The number of hydrogen-bond donors (Lipinski definition) is 1. The molecule has 0 atom stereocenters. The van der Waals surface area contributed by atoms with Crippen LogP contribution in [0.25, 0.3) is 0 Å². The zero-order valence-corrected chi connectivity index (χ0v) is 16.0. The van der Waals surface area contributed by atoms with Crippen LogP contribution in [0.15, 0.2) is 51.4 Å². The lowest BCUT2D eigenvalue weighted by atomic mass is 10.2. The van der Waals surface area contributed by atoms with Crippen LogP contribution in [0, 0.1) is 0 Å². The summed E-state index contributed by atoms with van der Waals surface area (Å²) in [6.45, 7) is 1.72. The highest BCUT2D eigenvalue weighted by molar-refractivity contribution is 9.13. The van der Waals surface area contributed by atoms with E-state index < -0.39 is 5.97 Å². The lowest BCUT2D eigenvalue weighted by Gasteiger charge is -2.24. The Morgan fingerprint density at radius 3 is 2.50 bits per heavy atom. The third kappa shape index (κ3) is 5.07. The van der Waals surface area contributed by atoms with E-state index in [-0.39, 0.29) is 24.6 Å².